The summed E-state index contributed by atoms with van der Waals surface area (Å²) >= 11 is 0. The summed E-state index contributed by atoms with van der Waals surface area (Å²) in [5, 5.41) is 2.83. The van der Waals surface area contributed by atoms with Gasteiger partial charge in [-0.15, -0.1) is 0 Å². The highest BCUT2D eigenvalue weighted by Gasteiger charge is 2.20. The maximum atomic E-state index is 11.6. The lowest BCUT2D eigenvalue weighted by Crippen LogP contribution is -2.46. The molecule has 4 nitrogen and oxygen atoms in total. The third kappa shape index (κ3) is 1.93. The molecule has 1 N–H and O–H groups in total. The van der Waals surface area contributed by atoms with Crippen molar-refractivity contribution in [1.82, 2.24) is 10.3 Å². The maximum Gasteiger partial charge on any atom is 0.321 e. The molecule has 0 saturated carbocycles. The Hall–Kier alpha value is -1.58. The minimum Gasteiger partial charge on any atom is -0.338 e. The van der Waals surface area contributed by atoms with Gasteiger partial charge in [-0.3, -0.25) is 9.88 Å². The molecule has 0 spiro atoms. The molecule has 2 rings (SSSR count). The number of hydrogen-bond acceptors (Lipinski definition) is 2. The SMILES string of the molecule is Cc1ccc(N2CCCNC2=O)c(C)n1. The Labute approximate surface area is 89.3 Å². The number of nitrogens with zero attached hydrogens (tertiary/aromatic N) is 2. The Morgan fingerprint density at radius 1 is 1.40 bits per heavy atom. The molecule has 1 saturated heterocycles. The third-order valence-electron chi connectivity index (χ3n) is 2.57. The van der Waals surface area contributed by atoms with E-state index in [1.165, 1.54) is 0 Å². The van der Waals surface area contributed by atoms with Gasteiger partial charge in [-0.2, -0.15) is 0 Å². The highest BCUT2D eigenvalue weighted by molar-refractivity contribution is 5.93. The molecule has 0 aromatic carbocycles. The van der Waals surface area contributed by atoms with Gasteiger partial charge in [0.05, 0.1) is 11.4 Å². The van der Waals surface area contributed by atoms with Gasteiger partial charge in [-0.1, -0.05) is 0 Å². The smallest absolute Gasteiger partial charge is 0.321 e. The van der Waals surface area contributed by atoms with E-state index in [0.29, 0.717) is 0 Å². The topological polar surface area (TPSA) is 45.2 Å². The second-order valence-electron chi connectivity index (χ2n) is 3.79. The Morgan fingerprint density at radius 2 is 2.20 bits per heavy atom. The van der Waals surface area contributed by atoms with Crippen molar-refractivity contribution in [2.75, 3.05) is 18.0 Å². The molecule has 0 bridgehead atoms. The van der Waals surface area contributed by atoms with Crippen LogP contribution in [0.2, 0.25) is 0 Å². The van der Waals surface area contributed by atoms with Gasteiger partial charge in [-0.05, 0) is 32.4 Å². The van der Waals surface area contributed by atoms with Crippen molar-refractivity contribution in [3.63, 3.8) is 0 Å². The van der Waals surface area contributed by atoms with Crippen LogP contribution in [0.5, 0.6) is 0 Å². The number of aromatic nitrogens is 1. The molecule has 2 amide bonds. The van der Waals surface area contributed by atoms with E-state index in [4.69, 9.17) is 0 Å². The molecule has 1 aromatic heterocycles. The number of rotatable bonds is 1. The molecule has 0 aliphatic carbocycles. The summed E-state index contributed by atoms with van der Waals surface area (Å²) in [6.45, 7) is 5.43. The monoisotopic (exact) mass is 205 g/mol. The van der Waals surface area contributed by atoms with E-state index in [0.717, 1.165) is 36.6 Å². The lowest BCUT2D eigenvalue weighted by atomic mass is 10.2. The Kier molecular flexibility index (Phi) is 2.58. The van der Waals surface area contributed by atoms with Crippen LogP contribution in [0.25, 0.3) is 0 Å². The minimum absolute atomic E-state index is 0.0185. The normalized spacial score (nSPS) is 16.4. The van der Waals surface area contributed by atoms with Crippen molar-refractivity contribution in [3.05, 3.63) is 23.5 Å². The summed E-state index contributed by atoms with van der Waals surface area (Å²) in [5.41, 5.74) is 2.80. The van der Waals surface area contributed by atoms with E-state index in [1.807, 2.05) is 26.0 Å². The number of aryl methyl sites for hydroxylation is 2. The Balaban J connectivity index is 2.31. The van der Waals surface area contributed by atoms with Crippen molar-refractivity contribution in [1.29, 1.82) is 0 Å². The fraction of sp³-hybridized carbons (Fsp3) is 0.455. The fourth-order valence-corrected chi connectivity index (χ4v) is 1.82. The van der Waals surface area contributed by atoms with Crippen LogP contribution < -0.4 is 10.2 Å². The largest absolute Gasteiger partial charge is 0.338 e. The molecular weight excluding hydrogens is 190 g/mol. The molecule has 0 atom stereocenters. The molecule has 4 heteroatoms. The Bertz CT molecular complexity index is 389. The van der Waals surface area contributed by atoms with Crippen molar-refractivity contribution in [2.24, 2.45) is 0 Å². The standard InChI is InChI=1S/C11H15N3O/c1-8-4-5-10(9(2)13-8)14-7-3-6-12-11(14)15/h4-5H,3,6-7H2,1-2H3,(H,12,15). The van der Waals surface area contributed by atoms with Crippen LogP contribution in [-0.2, 0) is 0 Å². The average molecular weight is 205 g/mol. The van der Waals surface area contributed by atoms with Gasteiger partial charge < -0.3 is 5.32 Å². The van der Waals surface area contributed by atoms with Gasteiger partial charge in [0.15, 0.2) is 0 Å². The molecule has 0 radical (unpaired) electrons. The number of pyridine rings is 1. The predicted molar refractivity (Wildman–Crippen MR) is 59.1 cm³/mol. The first-order chi connectivity index (χ1) is 7.18. The number of anilines is 1. The van der Waals surface area contributed by atoms with Crippen LogP contribution in [0.4, 0.5) is 10.5 Å². The van der Waals surface area contributed by atoms with Gasteiger partial charge in [0, 0.05) is 18.8 Å². The molecule has 2 heterocycles. The van der Waals surface area contributed by atoms with Crippen molar-refractivity contribution < 1.29 is 4.79 Å². The third-order valence-corrected chi connectivity index (χ3v) is 2.57. The lowest BCUT2D eigenvalue weighted by Gasteiger charge is -2.28. The van der Waals surface area contributed by atoms with Crippen LogP contribution in [0.3, 0.4) is 0 Å². The van der Waals surface area contributed by atoms with Crippen LogP contribution in [0.1, 0.15) is 17.8 Å². The minimum atomic E-state index is -0.0185. The summed E-state index contributed by atoms with van der Waals surface area (Å²) in [5.74, 6) is 0. The van der Waals surface area contributed by atoms with Crippen molar-refractivity contribution in [2.45, 2.75) is 20.3 Å². The number of carbonyl (C=O) groups excluding carboxylic acids is 1. The number of nitrogens with one attached hydrogen (secondary N) is 1. The lowest BCUT2D eigenvalue weighted by molar-refractivity contribution is 0.243. The molecule has 1 fully saturated rings. The quantitative estimate of drug-likeness (QED) is 0.757. The molecule has 1 aliphatic rings. The maximum absolute atomic E-state index is 11.6. The van der Waals surface area contributed by atoms with Gasteiger partial charge >= 0.3 is 6.03 Å². The van der Waals surface area contributed by atoms with E-state index in [9.17, 15) is 4.79 Å². The molecule has 1 aliphatic heterocycles. The molecule has 1 aromatic rings. The fourth-order valence-electron chi connectivity index (χ4n) is 1.82. The first kappa shape index (κ1) is 9.96. The summed E-state index contributed by atoms with van der Waals surface area (Å²) in [6.07, 6.45) is 0.985. The zero-order chi connectivity index (χ0) is 10.8. The first-order valence-corrected chi connectivity index (χ1v) is 5.18. The number of hydrogen-bond donors (Lipinski definition) is 1. The van der Waals surface area contributed by atoms with Gasteiger partial charge in [-0.25, -0.2) is 4.79 Å². The van der Waals surface area contributed by atoms with E-state index >= 15 is 0 Å². The molecule has 15 heavy (non-hydrogen) atoms. The van der Waals surface area contributed by atoms with Gasteiger partial charge in [0.1, 0.15) is 0 Å². The number of amides is 2. The van der Waals surface area contributed by atoms with Gasteiger partial charge in [0.25, 0.3) is 0 Å². The summed E-state index contributed by atoms with van der Waals surface area (Å²) in [6, 6.07) is 3.88. The molecule has 0 unspecified atom stereocenters. The van der Waals surface area contributed by atoms with Crippen LogP contribution in [0, 0.1) is 13.8 Å². The highest BCUT2D eigenvalue weighted by atomic mass is 16.2. The van der Waals surface area contributed by atoms with E-state index in [2.05, 4.69) is 10.3 Å². The van der Waals surface area contributed by atoms with E-state index in [-0.39, 0.29) is 6.03 Å². The predicted octanol–water partition coefficient (Wildman–Crippen LogP) is 1.62. The van der Waals surface area contributed by atoms with E-state index in [1.54, 1.807) is 4.90 Å². The van der Waals surface area contributed by atoms with Crippen LogP contribution >= 0.6 is 0 Å². The van der Waals surface area contributed by atoms with Crippen molar-refractivity contribution in [3.8, 4) is 0 Å². The highest BCUT2D eigenvalue weighted by Crippen LogP contribution is 2.20. The van der Waals surface area contributed by atoms with Crippen LogP contribution in [0.15, 0.2) is 12.1 Å². The second kappa shape index (κ2) is 3.88. The second-order valence-corrected chi connectivity index (χ2v) is 3.79. The van der Waals surface area contributed by atoms with Crippen molar-refractivity contribution >= 4 is 11.7 Å². The Morgan fingerprint density at radius 3 is 2.87 bits per heavy atom. The first-order valence-electron chi connectivity index (χ1n) is 5.18. The van der Waals surface area contributed by atoms with E-state index < -0.39 is 0 Å². The summed E-state index contributed by atoms with van der Waals surface area (Å²) in [7, 11) is 0. The zero-order valence-electron chi connectivity index (χ0n) is 9.08. The number of urea groups is 1. The summed E-state index contributed by atoms with van der Waals surface area (Å²) in [4.78, 5) is 17.7. The van der Waals surface area contributed by atoms with Gasteiger partial charge in [0.2, 0.25) is 0 Å². The molecule has 80 valence electrons. The zero-order valence-corrected chi connectivity index (χ0v) is 9.08. The molecular formula is C11H15N3O. The van der Waals surface area contributed by atoms with Crippen LogP contribution in [-0.4, -0.2) is 24.1 Å². The average Bonchev–Trinajstić information content (AvgIpc) is 2.20. The number of carbonyl (C=O) groups is 1. The summed E-state index contributed by atoms with van der Waals surface area (Å²) < 4.78 is 0.